The molecule has 0 aliphatic heterocycles. The molecule has 1 fully saturated rings. The van der Waals surface area contributed by atoms with Gasteiger partial charge in [0.2, 0.25) is 0 Å². The Morgan fingerprint density at radius 1 is 1.29 bits per heavy atom. The molecule has 1 saturated carbocycles. The molecule has 21 heavy (non-hydrogen) atoms. The van der Waals surface area contributed by atoms with Crippen LogP contribution in [-0.4, -0.2) is 25.4 Å². The lowest BCUT2D eigenvalue weighted by molar-refractivity contribution is -0.0359. The van der Waals surface area contributed by atoms with E-state index in [-0.39, 0.29) is 0 Å². The Labute approximate surface area is 132 Å². The lowest BCUT2D eigenvalue weighted by Gasteiger charge is -2.36. The molecule has 0 N–H and O–H groups in total. The molecule has 1 aliphatic rings. The molecule has 5 unspecified atom stereocenters. The second-order valence-electron chi connectivity index (χ2n) is 7.27. The topological polar surface area (TPSA) is 18.5 Å². The summed E-state index contributed by atoms with van der Waals surface area (Å²) in [6.07, 6.45) is 6.63. The van der Waals surface area contributed by atoms with Crippen LogP contribution in [0.3, 0.4) is 0 Å². The Hall–Kier alpha value is -0.340. The molecule has 1 aliphatic carbocycles. The average molecular weight is 296 g/mol. The summed E-state index contributed by atoms with van der Waals surface area (Å²) in [6, 6.07) is 0. The summed E-state index contributed by atoms with van der Waals surface area (Å²) in [6.45, 7) is 17.0. The fraction of sp³-hybridized carbons (Fsp3) is 0.895. The van der Waals surface area contributed by atoms with Crippen molar-refractivity contribution in [3.8, 4) is 0 Å². The van der Waals surface area contributed by atoms with Crippen LogP contribution >= 0.6 is 0 Å². The largest absolute Gasteiger partial charge is 0.379 e. The highest BCUT2D eigenvalue weighted by Gasteiger charge is 2.30. The third-order valence-electron chi connectivity index (χ3n) is 4.62. The third kappa shape index (κ3) is 6.97. The van der Waals surface area contributed by atoms with Gasteiger partial charge in [0.15, 0.2) is 0 Å². The van der Waals surface area contributed by atoms with Gasteiger partial charge in [-0.25, -0.2) is 0 Å². The van der Waals surface area contributed by atoms with Gasteiger partial charge >= 0.3 is 0 Å². The van der Waals surface area contributed by atoms with Crippen LogP contribution in [0.4, 0.5) is 0 Å². The van der Waals surface area contributed by atoms with Crippen molar-refractivity contribution in [1.82, 2.24) is 0 Å². The molecule has 5 atom stereocenters. The van der Waals surface area contributed by atoms with Crippen LogP contribution in [0.2, 0.25) is 0 Å². The summed E-state index contributed by atoms with van der Waals surface area (Å²) >= 11 is 0. The molecular formula is C19H36O2. The van der Waals surface area contributed by atoms with Gasteiger partial charge in [-0.3, -0.25) is 0 Å². The molecule has 0 radical (unpaired) electrons. The zero-order chi connectivity index (χ0) is 15.8. The van der Waals surface area contributed by atoms with Crippen molar-refractivity contribution in [2.75, 3.05) is 13.2 Å². The van der Waals surface area contributed by atoms with Crippen molar-refractivity contribution in [3.63, 3.8) is 0 Å². The summed E-state index contributed by atoms with van der Waals surface area (Å²) in [5.41, 5.74) is 1.29. The van der Waals surface area contributed by atoms with Crippen molar-refractivity contribution in [2.45, 2.75) is 78.9 Å². The van der Waals surface area contributed by atoms with Crippen molar-refractivity contribution in [2.24, 2.45) is 17.8 Å². The fourth-order valence-corrected chi connectivity index (χ4v) is 3.39. The Bertz CT molecular complexity index is 300. The maximum absolute atomic E-state index is 6.28. The minimum atomic E-state index is 0.339. The third-order valence-corrected chi connectivity index (χ3v) is 4.62. The maximum Gasteiger partial charge on any atom is 0.0642 e. The van der Waals surface area contributed by atoms with E-state index < -0.39 is 0 Å². The van der Waals surface area contributed by atoms with Crippen molar-refractivity contribution >= 4 is 0 Å². The quantitative estimate of drug-likeness (QED) is 0.543. The van der Waals surface area contributed by atoms with Crippen LogP contribution in [0.15, 0.2) is 12.2 Å². The fourth-order valence-electron chi connectivity index (χ4n) is 3.39. The van der Waals surface area contributed by atoms with E-state index in [0.29, 0.717) is 24.0 Å². The minimum absolute atomic E-state index is 0.339. The van der Waals surface area contributed by atoms with Crippen LogP contribution in [0.5, 0.6) is 0 Å². The maximum atomic E-state index is 6.28. The van der Waals surface area contributed by atoms with Gasteiger partial charge in [-0.2, -0.15) is 0 Å². The lowest BCUT2D eigenvalue weighted by atomic mass is 9.77. The van der Waals surface area contributed by atoms with E-state index in [2.05, 4.69) is 41.2 Å². The lowest BCUT2D eigenvalue weighted by Crippen LogP contribution is -2.33. The molecule has 124 valence electrons. The Balaban J connectivity index is 2.35. The average Bonchev–Trinajstić information content (AvgIpc) is 2.42. The predicted molar refractivity (Wildman–Crippen MR) is 90.5 cm³/mol. The Kier molecular flexibility index (Phi) is 8.58. The molecule has 2 heteroatoms. The van der Waals surface area contributed by atoms with Gasteiger partial charge in [0.05, 0.1) is 12.2 Å². The first-order chi connectivity index (χ1) is 9.93. The van der Waals surface area contributed by atoms with E-state index in [1.807, 2.05) is 0 Å². The second-order valence-corrected chi connectivity index (χ2v) is 7.27. The molecule has 0 aromatic rings. The van der Waals surface area contributed by atoms with E-state index in [1.165, 1.54) is 24.8 Å². The number of hydrogen-bond donors (Lipinski definition) is 0. The van der Waals surface area contributed by atoms with Crippen LogP contribution in [0.1, 0.15) is 66.7 Å². The summed E-state index contributed by atoms with van der Waals surface area (Å²) in [7, 11) is 0. The Morgan fingerprint density at radius 2 is 2.00 bits per heavy atom. The van der Waals surface area contributed by atoms with Gasteiger partial charge in [-0.15, -0.1) is 0 Å². The van der Waals surface area contributed by atoms with E-state index in [9.17, 15) is 0 Å². The smallest absolute Gasteiger partial charge is 0.0642 e. The van der Waals surface area contributed by atoms with Gasteiger partial charge < -0.3 is 9.47 Å². The van der Waals surface area contributed by atoms with E-state index in [1.54, 1.807) is 0 Å². The van der Waals surface area contributed by atoms with Crippen LogP contribution in [-0.2, 0) is 9.47 Å². The molecule has 0 aromatic carbocycles. The summed E-state index contributed by atoms with van der Waals surface area (Å²) in [4.78, 5) is 0. The SMILES string of the molecule is C=C(C)C1CCC(C)CC1OCC(C)CC(C)OCCC. The number of ether oxygens (including phenoxy) is 2. The van der Waals surface area contributed by atoms with Crippen LogP contribution < -0.4 is 0 Å². The minimum Gasteiger partial charge on any atom is -0.379 e. The molecule has 0 saturated heterocycles. The number of hydrogen-bond acceptors (Lipinski definition) is 2. The highest BCUT2D eigenvalue weighted by Crippen LogP contribution is 2.34. The summed E-state index contributed by atoms with van der Waals surface area (Å²) in [5, 5.41) is 0. The standard InChI is InChI=1S/C19H36O2/c1-7-10-20-17(6)11-16(5)13-21-19-12-15(4)8-9-18(19)14(2)3/h15-19H,2,7-13H2,1,3-6H3. The van der Waals surface area contributed by atoms with Gasteiger partial charge in [-0.1, -0.05) is 32.9 Å². The first kappa shape index (κ1) is 18.7. The molecule has 0 spiro atoms. The van der Waals surface area contributed by atoms with Gasteiger partial charge in [-0.05, 0) is 57.8 Å². The highest BCUT2D eigenvalue weighted by molar-refractivity contribution is 5.02. The zero-order valence-corrected chi connectivity index (χ0v) is 14.9. The van der Waals surface area contributed by atoms with Crippen molar-refractivity contribution in [3.05, 3.63) is 12.2 Å². The Morgan fingerprint density at radius 3 is 2.62 bits per heavy atom. The van der Waals surface area contributed by atoms with E-state index >= 15 is 0 Å². The molecule has 0 bridgehead atoms. The highest BCUT2D eigenvalue weighted by atomic mass is 16.5. The molecule has 2 nitrogen and oxygen atoms in total. The first-order valence-electron chi connectivity index (χ1n) is 8.82. The molecule has 1 rings (SSSR count). The first-order valence-corrected chi connectivity index (χ1v) is 8.82. The zero-order valence-electron chi connectivity index (χ0n) is 14.9. The number of rotatable bonds is 9. The van der Waals surface area contributed by atoms with E-state index in [4.69, 9.17) is 9.47 Å². The normalized spacial score (nSPS) is 29.1. The summed E-state index contributed by atoms with van der Waals surface area (Å²) < 4.78 is 12.0. The molecule has 0 heterocycles. The predicted octanol–water partition coefficient (Wildman–Crippen LogP) is 5.23. The van der Waals surface area contributed by atoms with Gasteiger partial charge in [0.25, 0.3) is 0 Å². The molecule has 0 amide bonds. The van der Waals surface area contributed by atoms with Gasteiger partial charge in [0, 0.05) is 19.1 Å². The van der Waals surface area contributed by atoms with Crippen molar-refractivity contribution < 1.29 is 9.47 Å². The summed E-state index contributed by atoms with van der Waals surface area (Å²) in [5.74, 6) is 1.90. The van der Waals surface area contributed by atoms with E-state index in [0.717, 1.165) is 32.0 Å². The molecular weight excluding hydrogens is 260 g/mol. The van der Waals surface area contributed by atoms with Crippen LogP contribution in [0, 0.1) is 17.8 Å². The monoisotopic (exact) mass is 296 g/mol. The van der Waals surface area contributed by atoms with Crippen molar-refractivity contribution in [1.29, 1.82) is 0 Å². The second kappa shape index (κ2) is 9.63. The molecule has 0 aromatic heterocycles. The van der Waals surface area contributed by atoms with Gasteiger partial charge in [0.1, 0.15) is 0 Å². The van der Waals surface area contributed by atoms with Crippen LogP contribution in [0.25, 0.3) is 0 Å².